The smallest absolute Gasteiger partial charge is 0.309 e. The van der Waals surface area contributed by atoms with Gasteiger partial charge in [-0.05, 0) is 62.9 Å². The van der Waals surface area contributed by atoms with Crippen LogP contribution < -0.4 is 0 Å². The number of carbonyl (C=O) groups excluding carboxylic acids is 5. The molecule has 6 unspecified atom stereocenters. The molecule has 2 saturated heterocycles. The lowest BCUT2D eigenvalue weighted by atomic mass is 9.61. The Morgan fingerprint density at radius 1 is 0.691 bits per heavy atom. The van der Waals surface area contributed by atoms with E-state index >= 15 is 0 Å². The Morgan fingerprint density at radius 2 is 1.15 bits per heavy atom. The van der Waals surface area contributed by atoms with E-state index in [1.165, 1.54) is 55.2 Å². The molecule has 4 amide bonds. The van der Waals surface area contributed by atoms with E-state index in [0.29, 0.717) is 19.4 Å². The van der Waals surface area contributed by atoms with Crippen molar-refractivity contribution in [1.29, 1.82) is 0 Å². The molecular weight excluding hydrogens is 698 g/mol. The minimum absolute atomic E-state index is 0.0270. The Hall–Kier alpha value is -2.82. The second kappa shape index (κ2) is 21.1. The maximum absolute atomic E-state index is 14.5. The fraction of sp³-hybridized carbons (Fsp3) is 0.864. The van der Waals surface area contributed by atoms with Crippen LogP contribution in [0.3, 0.4) is 0 Å². The summed E-state index contributed by atoms with van der Waals surface area (Å²) in [6.45, 7) is 20.3. The number of likely N-dealkylation sites (N-methyl/N-ethyl adjacent to an activating group) is 1. The molecule has 11 heteroatoms. The third-order valence-electron chi connectivity index (χ3n) is 12.1. The van der Waals surface area contributed by atoms with Gasteiger partial charge in [-0.1, -0.05) is 120 Å². The van der Waals surface area contributed by atoms with E-state index < -0.39 is 58.3 Å². The minimum atomic E-state index is -1.16. The number of carbonyl (C=O) groups is 6. The van der Waals surface area contributed by atoms with Gasteiger partial charge in [0, 0.05) is 19.6 Å². The van der Waals surface area contributed by atoms with Crippen LogP contribution in [0.25, 0.3) is 0 Å². The van der Waals surface area contributed by atoms with Crippen molar-refractivity contribution >= 4 is 35.6 Å². The molecule has 11 nitrogen and oxygen atoms in total. The summed E-state index contributed by atoms with van der Waals surface area (Å²) in [5.41, 5.74) is -2.12. The molecule has 0 spiro atoms. The molecule has 0 aliphatic carbocycles. The summed E-state index contributed by atoms with van der Waals surface area (Å²) >= 11 is 0. The van der Waals surface area contributed by atoms with Crippen molar-refractivity contribution < 1.29 is 38.6 Å². The topological polar surface area (TPSA) is 142 Å². The highest BCUT2D eigenvalue weighted by molar-refractivity contribution is 6.07. The summed E-state index contributed by atoms with van der Waals surface area (Å²) in [6.07, 6.45) is 11.8. The van der Waals surface area contributed by atoms with Gasteiger partial charge in [0.1, 0.15) is 0 Å². The zero-order valence-electron chi connectivity index (χ0n) is 36.6. The van der Waals surface area contributed by atoms with Crippen LogP contribution in [0.4, 0.5) is 0 Å². The van der Waals surface area contributed by atoms with Crippen LogP contribution in [0, 0.1) is 51.8 Å². The minimum Gasteiger partial charge on any atom is -0.481 e. The molecule has 0 aromatic carbocycles. The lowest BCUT2D eigenvalue weighted by molar-refractivity contribution is -0.158. The summed E-state index contributed by atoms with van der Waals surface area (Å²) in [7, 11) is 3.79. The Morgan fingerprint density at radius 3 is 1.60 bits per heavy atom. The van der Waals surface area contributed by atoms with E-state index in [4.69, 9.17) is 4.74 Å². The van der Waals surface area contributed by atoms with Crippen molar-refractivity contribution in [3.8, 4) is 0 Å². The van der Waals surface area contributed by atoms with Gasteiger partial charge in [0.05, 0.1) is 42.1 Å². The number of ether oxygens (including phenoxy) is 1. The maximum Gasteiger partial charge on any atom is 0.309 e. The molecule has 0 radical (unpaired) electrons. The van der Waals surface area contributed by atoms with E-state index in [1.807, 2.05) is 46.7 Å². The normalized spacial score (nSPS) is 22.3. The number of unbranched alkanes of at least 4 members (excludes halogenated alkanes) is 9. The van der Waals surface area contributed by atoms with Crippen molar-refractivity contribution in [2.45, 2.75) is 153 Å². The number of hydrogen-bond donors (Lipinski definition) is 1. The molecule has 0 saturated carbocycles. The molecule has 2 aliphatic heterocycles. The number of nitrogens with zero attached hydrogens (tertiary/aromatic N) is 3. The van der Waals surface area contributed by atoms with Crippen LogP contribution in [-0.2, 0) is 33.5 Å². The number of imide groups is 2. The van der Waals surface area contributed by atoms with Gasteiger partial charge in [-0.3, -0.25) is 38.6 Å². The molecule has 0 aromatic rings. The van der Waals surface area contributed by atoms with Gasteiger partial charge >= 0.3 is 11.9 Å². The lowest BCUT2D eigenvalue weighted by Crippen LogP contribution is -2.43. The van der Waals surface area contributed by atoms with Crippen molar-refractivity contribution in [3.63, 3.8) is 0 Å². The SMILES string of the molecule is CCCCCCCCCCCCN1C(=O)C(CC(C)(C)C2C(=O)N(CCN(C)C)C(=O)C2CC(C)(C)C)C(C(C)(C)CC(C(=O)O)C(C)C(=O)OCC)C1=O. The molecule has 0 aromatic heterocycles. The third-order valence-corrected chi connectivity index (χ3v) is 12.1. The predicted molar refractivity (Wildman–Crippen MR) is 216 cm³/mol. The van der Waals surface area contributed by atoms with Gasteiger partial charge in [0.15, 0.2) is 0 Å². The van der Waals surface area contributed by atoms with Crippen LogP contribution in [-0.4, -0.2) is 95.7 Å². The van der Waals surface area contributed by atoms with Crippen molar-refractivity contribution in [3.05, 3.63) is 0 Å². The summed E-state index contributed by atoms with van der Waals surface area (Å²) in [6, 6.07) is 0. The van der Waals surface area contributed by atoms with Crippen LogP contribution in [0.5, 0.6) is 0 Å². The number of rotatable bonds is 25. The Labute approximate surface area is 333 Å². The zero-order chi connectivity index (χ0) is 41.9. The van der Waals surface area contributed by atoms with Gasteiger partial charge in [-0.15, -0.1) is 0 Å². The number of esters is 1. The van der Waals surface area contributed by atoms with Crippen molar-refractivity contribution in [2.24, 2.45) is 51.8 Å². The van der Waals surface area contributed by atoms with Crippen molar-refractivity contribution in [1.82, 2.24) is 14.7 Å². The maximum atomic E-state index is 14.5. The first-order valence-corrected chi connectivity index (χ1v) is 21.3. The Bertz CT molecular complexity index is 1320. The lowest BCUT2D eigenvalue weighted by Gasteiger charge is -2.40. The summed E-state index contributed by atoms with van der Waals surface area (Å²) in [5.74, 6) is -7.92. The average Bonchev–Trinajstić information content (AvgIpc) is 3.44. The molecule has 316 valence electrons. The molecule has 2 fully saturated rings. The number of likely N-dealkylation sites (tertiary alicyclic amines) is 2. The van der Waals surface area contributed by atoms with Crippen molar-refractivity contribution in [2.75, 3.05) is 40.3 Å². The number of carboxylic acids is 1. The number of hydrogen-bond acceptors (Lipinski definition) is 8. The molecule has 6 atom stereocenters. The average molecular weight is 776 g/mol. The van der Waals surface area contributed by atoms with E-state index in [9.17, 15) is 33.9 Å². The molecule has 2 heterocycles. The van der Waals surface area contributed by atoms with Gasteiger partial charge in [-0.25, -0.2) is 0 Å². The summed E-state index contributed by atoms with van der Waals surface area (Å²) < 4.78 is 5.18. The summed E-state index contributed by atoms with van der Waals surface area (Å²) in [4.78, 5) is 87.4. The molecule has 55 heavy (non-hydrogen) atoms. The molecular formula is C44H77N3O8. The molecule has 0 bridgehead atoms. The van der Waals surface area contributed by atoms with Crippen LogP contribution in [0.15, 0.2) is 0 Å². The number of aliphatic carboxylic acids is 1. The highest BCUT2D eigenvalue weighted by atomic mass is 16.5. The first-order valence-electron chi connectivity index (χ1n) is 21.3. The fourth-order valence-electron chi connectivity index (χ4n) is 9.21. The quantitative estimate of drug-likeness (QED) is 0.0558. The van der Waals surface area contributed by atoms with E-state index in [0.717, 1.165) is 19.3 Å². The predicted octanol–water partition coefficient (Wildman–Crippen LogP) is 7.84. The van der Waals surface area contributed by atoms with Crippen LogP contribution >= 0.6 is 0 Å². The first kappa shape index (κ1) is 48.3. The highest BCUT2D eigenvalue weighted by Gasteiger charge is 2.60. The van der Waals surface area contributed by atoms with Crippen LogP contribution in [0.1, 0.15) is 153 Å². The Kier molecular flexibility index (Phi) is 18.5. The number of amides is 4. The fourth-order valence-corrected chi connectivity index (χ4v) is 9.21. The van der Waals surface area contributed by atoms with Gasteiger partial charge in [0.25, 0.3) is 0 Å². The van der Waals surface area contributed by atoms with Gasteiger partial charge < -0.3 is 14.7 Å². The monoisotopic (exact) mass is 776 g/mol. The van der Waals surface area contributed by atoms with Gasteiger partial charge in [0.2, 0.25) is 23.6 Å². The first-order chi connectivity index (χ1) is 25.5. The molecule has 1 N–H and O–H groups in total. The standard InChI is InChI=1S/C44H77N3O8/c1-13-15-16-17-18-19-20-21-22-23-24-46-37(49)33(35(38(46)50)43(7,8)28-31(40(52)53)30(3)41(54)55-14-2)29-44(9,10)34-32(27-42(4,5)6)36(48)47(39(34)51)26-25-45(11)12/h30-35H,13-29H2,1-12H3,(H,52,53). The second-order valence-corrected chi connectivity index (χ2v) is 19.4. The van der Waals surface area contributed by atoms with E-state index in [1.54, 1.807) is 6.92 Å². The molecule has 2 aliphatic rings. The van der Waals surface area contributed by atoms with Crippen LogP contribution in [0.2, 0.25) is 0 Å². The van der Waals surface area contributed by atoms with E-state index in [-0.39, 0.29) is 61.6 Å². The molecule has 2 rings (SSSR count). The third kappa shape index (κ3) is 13.4. The Balaban J connectivity index is 2.47. The highest BCUT2D eigenvalue weighted by Crippen LogP contribution is 2.53. The largest absolute Gasteiger partial charge is 0.481 e. The number of carboxylic acid groups (broad SMARTS) is 1. The summed E-state index contributed by atoms with van der Waals surface area (Å²) in [5, 5.41) is 10.3. The second-order valence-electron chi connectivity index (χ2n) is 19.4. The van der Waals surface area contributed by atoms with Gasteiger partial charge in [-0.2, -0.15) is 0 Å². The zero-order valence-corrected chi connectivity index (χ0v) is 36.6. The van der Waals surface area contributed by atoms with E-state index in [2.05, 4.69) is 27.7 Å².